The Kier molecular flexibility index (Phi) is 3.47. The van der Waals surface area contributed by atoms with Crippen molar-refractivity contribution < 1.29 is 18.0 Å². The lowest BCUT2D eigenvalue weighted by atomic mass is 9.81. The summed E-state index contributed by atoms with van der Waals surface area (Å²) < 4.78 is 40.9. The van der Waals surface area contributed by atoms with Gasteiger partial charge in [0.2, 0.25) is 0 Å². The molecule has 2 unspecified atom stereocenters. The molecule has 0 saturated carbocycles. The summed E-state index contributed by atoms with van der Waals surface area (Å²) in [5.41, 5.74) is 0.432. The monoisotopic (exact) mass is 309 g/mol. The average molecular weight is 310 g/mol. The van der Waals surface area contributed by atoms with Gasteiger partial charge in [-0.05, 0) is 18.2 Å². The normalized spacial score (nSPS) is 28.9. The first-order chi connectivity index (χ1) is 7.98. The third-order valence-corrected chi connectivity index (χ3v) is 3.56. The van der Waals surface area contributed by atoms with Gasteiger partial charge in [-0.25, -0.2) is 13.2 Å². The van der Waals surface area contributed by atoms with Gasteiger partial charge in [0, 0.05) is 16.0 Å². The van der Waals surface area contributed by atoms with Gasteiger partial charge >= 0.3 is 0 Å². The van der Waals surface area contributed by atoms with Crippen LogP contribution in [0.3, 0.4) is 0 Å². The Morgan fingerprint density at radius 1 is 1.53 bits per heavy atom. The molecule has 2 nitrogen and oxygen atoms in total. The van der Waals surface area contributed by atoms with Crippen molar-refractivity contribution in [3.63, 3.8) is 0 Å². The van der Waals surface area contributed by atoms with Crippen molar-refractivity contribution in [3.8, 4) is 0 Å². The molecule has 17 heavy (non-hydrogen) atoms. The maximum Gasteiger partial charge on any atom is 0.263 e. The van der Waals surface area contributed by atoms with Crippen LogP contribution in [0.5, 0.6) is 0 Å². The number of rotatable bonds is 2. The zero-order chi connectivity index (χ0) is 12.6. The summed E-state index contributed by atoms with van der Waals surface area (Å²) in [5.74, 6) is -1.19. The van der Waals surface area contributed by atoms with Crippen LogP contribution in [0.25, 0.3) is 0 Å². The topological polar surface area (TPSA) is 21.3 Å². The number of nitrogens with one attached hydrogen (secondary N) is 1. The van der Waals surface area contributed by atoms with Gasteiger partial charge < -0.3 is 4.84 Å². The quantitative estimate of drug-likeness (QED) is 0.905. The summed E-state index contributed by atoms with van der Waals surface area (Å²) in [6.45, 7) is 1.72. The van der Waals surface area contributed by atoms with E-state index in [4.69, 9.17) is 4.84 Å². The molecular formula is C11H11BrF3NO. The standard InChI is InChI=1S/C11H11BrF3NO/c1-6-5-17-16-11(6,10(14)15)8-4-7(12)2-3-9(8)13/h2-4,6,10,16H,5H2,1H3. The Balaban J connectivity index is 2.57. The summed E-state index contributed by atoms with van der Waals surface area (Å²) in [5, 5.41) is 0. The molecule has 2 atom stereocenters. The number of alkyl halides is 2. The summed E-state index contributed by atoms with van der Waals surface area (Å²) in [6.07, 6.45) is -2.76. The lowest BCUT2D eigenvalue weighted by molar-refractivity contribution is -0.0328. The number of halogens is 4. The van der Waals surface area contributed by atoms with E-state index in [0.29, 0.717) is 4.47 Å². The van der Waals surface area contributed by atoms with Gasteiger partial charge in [-0.2, -0.15) is 5.48 Å². The average Bonchev–Trinajstić information content (AvgIpc) is 2.65. The molecule has 1 saturated heterocycles. The highest BCUT2D eigenvalue weighted by molar-refractivity contribution is 9.10. The van der Waals surface area contributed by atoms with Crippen LogP contribution >= 0.6 is 15.9 Å². The lowest BCUT2D eigenvalue weighted by Gasteiger charge is -2.31. The number of benzene rings is 1. The van der Waals surface area contributed by atoms with E-state index in [2.05, 4.69) is 21.4 Å². The molecule has 1 N–H and O–H groups in total. The number of hydrogen-bond donors (Lipinski definition) is 1. The molecule has 1 heterocycles. The Labute approximate surface area is 105 Å². The van der Waals surface area contributed by atoms with Gasteiger partial charge in [0.15, 0.2) is 0 Å². The minimum atomic E-state index is -2.76. The van der Waals surface area contributed by atoms with Crippen molar-refractivity contribution in [2.24, 2.45) is 5.92 Å². The number of hydroxylamine groups is 1. The molecule has 94 valence electrons. The van der Waals surface area contributed by atoms with E-state index in [0.717, 1.165) is 6.07 Å². The summed E-state index contributed by atoms with van der Waals surface area (Å²) in [4.78, 5) is 4.87. The van der Waals surface area contributed by atoms with E-state index in [1.165, 1.54) is 12.1 Å². The fourth-order valence-electron chi connectivity index (χ4n) is 2.03. The second-order valence-corrected chi connectivity index (χ2v) is 5.02. The molecule has 0 aromatic heterocycles. The van der Waals surface area contributed by atoms with Crippen molar-refractivity contribution in [2.75, 3.05) is 6.61 Å². The highest BCUT2D eigenvalue weighted by Gasteiger charge is 2.52. The zero-order valence-corrected chi connectivity index (χ0v) is 10.6. The molecule has 6 heteroatoms. The molecule has 0 spiro atoms. The fraction of sp³-hybridized carbons (Fsp3) is 0.455. The van der Waals surface area contributed by atoms with Crippen LogP contribution in [0.15, 0.2) is 22.7 Å². The Morgan fingerprint density at radius 2 is 2.24 bits per heavy atom. The maximum atomic E-state index is 13.8. The van der Waals surface area contributed by atoms with Crippen LogP contribution < -0.4 is 5.48 Å². The molecule has 1 aliphatic heterocycles. The molecule has 0 amide bonds. The van der Waals surface area contributed by atoms with Crippen LogP contribution in [0.2, 0.25) is 0 Å². The van der Waals surface area contributed by atoms with Crippen molar-refractivity contribution in [1.29, 1.82) is 0 Å². The maximum absolute atomic E-state index is 13.8. The second-order valence-electron chi connectivity index (χ2n) is 4.11. The van der Waals surface area contributed by atoms with Crippen LogP contribution in [0, 0.1) is 11.7 Å². The third kappa shape index (κ3) is 1.98. The van der Waals surface area contributed by atoms with Gasteiger partial charge in [-0.1, -0.05) is 22.9 Å². The van der Waals surface area contributed by atoms with E-state index in [1.807, 2.05) is 0 Å². The first-order valence-corrected chi connectivity index (χ1v) is 5.90. The number of hydrogen-bond acceptors (Lipinski definition) is 2. The minimum absolute atomic E-state index is 0.0770. The Morgan fingerprint density at radius 3 is 2.76 bits per heavy atom. The van der Waals surface area contributed by atoms with Gasteiger partial charge in [-0.3, -0.25) is 0 Å². The van der Waals surface area contributed by atoms with Crippen LogP contribution in [0.1, 0.15) is 12.5 Å². The molecule has 0 radical (unpaired) electrons. The van der Waals surface area contributed by atoms with Gasteiger partial charge in [0.25, 0.3) is 6.43 Å². The molecule has 0 bridgehead atoms. The van der Waals surface area contributed by atoms with E-state index in [9.17, 15) is 13.2 Å². The summed E-state index contributed by atoms with van der Waals surface area (Å²) >= 11 is 3.16. The zero-order valence-electron chi connectivity index (χ0n) is 9.01. The van der Waals surface area contributed by atoms with Gasteiger partial charge in [0.05, 0.1) is 6.61 Å². The van der Waals surface area contributed by atoms with E-state index < -0.39 is 23.7 Å². The minimum Gasteiger partial charge on any atom is -0.300 e. The highest BCUT2D eigenvalue weighted by Crippen LogP contribution is 2.41. The summed E-state index contributed by atoms with van der Waals surface area (Å²) in [7, 11) is 0. The molecule has 1 aromatic carbocycles. The fourth-order valence-corrected chi connectivity index (χ4v) is 2.39. The van der Waals surface area contributed by atoms with Crippen molar-refractivity contribution in [3.05, 3.63) is 34.1 Å². The largest absolute Gasteiger partial charge is 0.300 e. The highest BCUT2D eigenvalue weighted by atomic mass is 79.9. The SMILES string of the molecule is CC1CONC1(c1cc(Br)ccc1F)C(F)F. The van der Waals surface area contributed by atoms with E-state index in [1.54, 1.807) is 6.92 Å². The predicted molar refractivity (Wildman–Crippen MR) is 60.0 cm³/mol. The smallest absolute Gasteiger partial charge is 0.263 e. The van der Waals surface area contributed by atoms with Gasteiger partial charge in [-0.15, -0.1) is 0 Å². The Hall–Kier alpha value is -0.590. The molecule has 1 aliphatic rings. The molecule has 1 fully saturated rings. The van der Waals surface area contributed by atoms with Crippen LogP contribution in [-0.2, 0) is 10.4 Å². The first-order valence-electron chi connectivity index (χ1n) is 5.11. The van der Waals surface area contributed by atoms with E-state index in [-0.39, 0.29) is 12.2 Å². The molecular weight excluding hydrogens is 299 g/mol. The third-order valence-electron chi connectivity index (χ3n) is 3.07. The van der Waals surface area contributed by atoms with Crippen molar-refractivity contribution >= 4 is 15.9 Å². The van der Waals surface area contributed by atoms with E-state index >= 15 is 0 Å². The Bertz CT molecular complexity index is 429. The van der Waals surface area contributed by atoms with Crippen molar-refractivity contribution in [2.45, 2.75) is 18.9 Å². The second kappa shape index (κ2) is 4.59. The predicted octanol–water partition coefficient (Wildman–Crippen LogP) is 3.22. The first kappa shape index (κ1) is 12.9. The van der Waals surface area contributed by atoms with Crippen molar-refractivity contribution in [1.82, 2.24) is 5.48 Å². The van der Waals surface area contributed by atoms with Crippen LogP contribution in [0.4, 0.5) is 13.2 Å². The van der Waals surface area contributed by atoms with Gasteiger partial charge in [0.1, 0.15) is 11.4 Å². The molecule has 1 aromatic rings. The molecule has 0 aliphatic carbocycles. The lowest BCUT2D eigenvalue weighted by Crippen LogP contribution is -2.48. The van der Waals surface area contributed by atoms with Crippen LogP contribution in [-0.4, -0.2) is 13.0 Å². The summed E-state index contributed by atoms with van der Waals surface area (Å²) in [6, 6.07) is 3.99. The molecule has 2 rings (SSSR count).